The Morgan fingerprint density at radius 1 is 1.13 bits per heavy atom. The van der Waals surface area contributed by atoms with Crippen LogP contribution in [0.15, 0.2) is 24.3 Å². The minimum Gasteiger partial charge on any atom is -0.344 e. The number of carbonyl (C=O) groups is 2. The summed E-state index contributed by atoms with van der Waals surface area (Å²) in [6, 6.07) is 7.34. The van der Waals surface area contributed by atoms with Crippen molar-refractivity contribution in [2.24, 2.45) is 5.92 Å². The quantitative estimate of drug-likeness (QED) is 0.881. The summed E-state index contributed by atoms with van der Waals surface area (Å²) in [4.78, 5) is 23.5. The van der Waals surface area contributed by atoms with Gasteiger partial charge in [-0.25, -0.2) is 0 Å². The number of amides is 2. The zero-order chi connectivity index (χ0) is 17.0. The molecule has 0 radical (unpaired) electrons. The predicted molar refractivity (Wildman–Crippen MR) is 91.2 cm³/mol. The number of anilines is 1. The number of hydrogen-bond donors (Lipinski definition) is 2. The van der Waals surface area contributed by atoms with Gasteiger partial charge in [-0.3, -0.25) is 14.9 Å². The molecule has 2 aromatic rings. The molecule has 0 spiro atoms. The van der Waals surface area contributed by atoms with Gasteiger partial charge in [-0.1, -0.05) is 55.0 Å². The SMILES string of the molecule is CC(=O)NC(C(=O)Nc1nnc(-c2ccc(C)cc2)s1)C(C)C. The Bertz CT molecular complexity index is 694. The fourth-order valence-corrected chi connectivity index (χ4v) is 2.78. The van der Waals surface area contributed by atoms with E-state index >= 15 is 0 Å². The van der Waals surface area contributed by atoms with E-state index in [0.717, 1.165) is 10.6 Å². The van der Waals surface area contributed by atoms with Crippen LogP contribution in [-0.2, 0) is 9.59 Å². The summed E-state index contributed by atoms with van der Waals surface area (Å²) in [5.41, 5.74) is 2.12. The minimum atomic E-state index is -0.598. The number of nitrogens with zero attached hydrogens (tertiary/aromatic N) is 2. The average molecular weight is 332 g/mol. The van der Waals surface area contributed by atoms with E-state index in [9.17, 15) is 9.59 Å². The lowest BCUT2D eigenvalue weighted by molar-refractivity contribution is -0.126. The monoisotopic (exact) mass is 332 g/mol. The van der Waals surface area contributed by atoms with Gasteiger partial charge in [0.1, 0.15) is 11.0 Å². The molecule has 0 saturated heterocycles. The molecule has 6 nitrogen and oxygen atoms in total. The van der Waals surface area contributed by atoms with Crippen molar-refractivity contribution in [3.63, 3.8) is 0 Å². The van der Waals surface area contributed by atoms with Crippen LogP contribution in [0.25, 0.3) is 10.6 Å². The molecule has 7 heteroatoms. The number of aryl methyl sites for hydroxylation is 1. The van der Waals surface area contributed by atoms with Crippen LogP contribution in [0.2, 0.25) is 0 Å². The largest absolute Gasteiger partial charge is 0.344 e. The average Bonchev–Trinajstić information content (AvgIpc) is 2.93. The summed E-state index contributed by atoms with van der Waals surface area (Å²) in [6.45, 7) is 7.16. The molecule has 0 bridgehead atoms. The molecule has 2 amide bonds. The van der Waals surface area contributed by atoms with E-state index in [1.165, 1.54) is 23.8 Å². The third-order valence-corrected chi connectivity index (χ3v) is 4.15. The fourth-order valence-electron chi connectivity index (χ4n) is 2.02. The van der Waals surface area contributed by atoms with Gasteiger partial charge >= 0.3 is 0 Å². The van der Waals surface area contributed by atoms with Gasteiger partial charge in [0.2, 0.25) is 16.9 Å². The molecule has 0 fully saturated rings. The Morgan fingerprint density at radius 3 is 2.35 bits per heavy atom. The first-order chi connectivity index (χ1) is 10.9. The topological polar surface area (TPSA) is 84.0 Å². The van der Waals surface area contributed by atoms with E-state index in [2.05, 4.69) is 20.8 Å². The molecule has 0 aliphatic heterocycles. The zero-order valence-corrected chi connectivity index (χ0v) is 14.4. The van der Waals surface area contributed by atoms with E-state index < -0.39 is 6.04 Å². The van der Waals surface area contributed by atoms with Crippen LogP contribution in [0.5, 0.6) is 0 Å². The maximum atomic E-state index is 12.3. The third-order valence-electron chi connectivity index (χ3n) is 3.26. The van der Waals surface area contributed by atoms with E-state index in [0.29, 0.717) is 5.13 Å². The van der Waals surface area contributed by atoms with Crippen molar-refractivity contribution >= 4 is 28.3 Å². The van der Waals surface area contributed by atoms with Crippen molar-refractivity contribution in [3.05, 3.63) is 29.8 Å². The van der Waals surface area contributed by atoms with Crippen LogP contribution in [0.3, 0.4) is 0 Å². The summed E-state index contributed by atoms with van der Waals surface area (Å²) >= 11 is 1.30. The number of benzene rings is 1. The first-order valence-electron chi connectivity index (χ1n) is 7.35. The van der Waals surface area contributed by atoms with E-state index in [4.69, 9.17) is 0 Å². The molecule has 1 unspecified atom stereocenters. The number of aromatic nitrogens is 2. The number of rotatable bonds is 5. The Morgan fingerprint density at radius 2 is 1.78 bits per heavy atom. The first kappa shape index (κ1) is 17.1. The molecule has 0 aliphatic carbocycles. The maximum Gasteiger partial charge on any atom is 0.249 e. The van der Waals surface area contributed by atoms with E-state index in [1.807, 2.05) is 45.0 Å². The normalized spacial score (nSPS) is 12.0. The van der Waals surface area contributed by atoms with Gasteiger partial charge < -0.3 is 5.32 Å². The van der Waals surface area contributed by atoms with Gasteiger partial charge in [0.25, 0.3) is 0 Å². The van der Waals surface area contributed by atoms with E-state index in [-0.39, 0.29) is 17.7 Å². The third kappa shape index (κ3) is 4.59. The molecular weight excluding hydrogens is 312 g/mol. The van der Waals surface area contributed by atoms with Gasteiger partial charge in [0.05, 0.1) is 0 Å². The minimum absolute atomic E-state index is 0.0246. The van der Waals surface area contributed by atoms with Gasteiger partial charge in [-0.15, -0.1) is 10.2 Å². The summed E-state index contributed by atoms with van der Waals surface area (Å²) in [6.07, 6.45) is 0. The lowest BCUT2D eigenvalue weighted by atomic mass is 10.0. The van der Waals surface area contributed by atoms with Crippen molar-refractivity contribution < 1.29 is 9.59 Å². The molecule has 23 heavy (non-hydrogen) atoms. The summed E-state index contributed by atoms with van der Waals surface area (Å²) in [7, 11) is 0. The van der Waals surface area contributed by atoms with Crippen molar-refractivity contribution in [2.45, 2.75) is 33.7 Å². The highest BCUT2D eigenvalue weighted by Crippen LogP contribution is 2.26. The van der Waals surface area contributed by atoms with Crippen LogP contribution < -0.4 is 10.6 Å². The van der Waals surface area contributed by atoms with Gasteiger partial charge in [0.15, 0.2) is 0 Å². The fraction of sp³-hybridized carbons (Fsp3) is 0.375. The molecule has 0 aliphatic rings. The predicted octanol–water partition coefficient (Wildman–Crippen LogP) is 2.61. The molecule has 0 saturated carbocycles. The standard InChI is InChI=1S/C16H20N4O2S/c1-9(2)13(17-11(4)21)14(22)18-16-20-19-15(23-16)12-7-5-10(3)6-8-12/h5-9,13H,1-4H3,(H,17,21)(H,18,20,22). The van der Waals surface area contributed by atoms with Crippen LogP contribution in [0.1, 0.15) is 26.3 Å². The van der Waals surface area contributed by atoms with Crippen LogP contribution >= 0.6 is 11.3 Å². The van der Waals surface area contributed by atoms with Gasteiger partial charge in [-0.2, -0.15) is 0 Å². The molecule has 122 valence electrons. The lowest BCUT2D eigenvalue weighted by Crippen LogP contribution is -2.46. The second-order valence-electron chi connectivity index (χ2n) is 5.69. The smallest absolute Gasteiger partial charge is 0.249 e. The summed E-state index contributed by atoms with van der Waals surface area (Å²) in [5, 5.41) is 14.6. The zero-order valence-electron chi connectivity index (χ0n) is 13.6. The second kappa shape index (κ2) is 7.32. The summed E-state index contributed by atoms with van der Waals surface area (Å²) in [5.74, 6) is -0.554. The number of carbonyl (C=O) groups excluding carboxylic acids is 2. The van der Waals surface area contributed by atoms with Crippen LogP contribution in [0.4, 0.5) is 5.13 Å². The molecule has 1 heterocycles. The van der Waals surface area contributed by atoms with Crippen molar-refractivity contribution in [1.29, 1.82) is 0 Å². The van der Waals surface area contributed by atoms with E-state index in [1.54, 1.807) is 0 Å². The highest BCUT2D eigenvalue weighted by Gasteiger charge is 2.24. The van der Waals surface area contributed by atoms with Crippen molar-refractivity contribution in [1.82, 2.24) is 15.5 Å². The second-order valence-corrected chi connectivity index (χ2v) is 6.67. The first-order valence-corrected chi connectivity index (χ1v) is 8.17. The molecule has 1 aromatic carbocycles. The summed E-state index contributed by atoms with van der Waals surface area (Å²) < 4.78 is 0. The molecule has 2 N–H and O–H groups in total. The van der Waals surface area contributed by atoms with Gasteiger partial charge in [0, 0.05) is 12.5 Å². The van der Waals surface area contributed by atoms with Crippen molar-refractivity contribution in [2.75, 3.05) is 5.32 Å². The highest BCUT2D eigenvalue weighted by atomic mass is 32.1. The Labute approximate surface area is 139 Å². The van der Waals surface area contributed by atoms with Crippen molar-refractivity contribution in [3.8, 4) is 10.6 Å². The number of hydrogen-bond acceptors (Lipinski definition) is 5. The molecular formula is C16H20N4O2S. The van der Waals surface area contributed by atoms with Crippen LogP contribution in [0, 0.1) is 12.8 Å². The number of nitrogens with one attached hydrogen (secondary N) is 2. The molecule has 2 rings (SSSR count). The highest BCUT2D eigenvalue weighted by molar-refractivity contribution is 7.18. The lowest BCUT2D eigenvalue weighted by Gasteiger charge is -2.19. The van der Waals surface area contributed by atoms with Gasteiger partial charge in [-0.05, 0) is 12.8 Å². The van der Waals surface area contributed by atoms with Crippen LogP contribution in [-0.4, -0.2) is 28.1 Å². The Hall–Kier alpha value is -2.28. The Kier molecular flexibility index (Phi) is 5.44. The molecule has 1 aromatic heterocycles. The molecule has 1 atom stereocenters. The Balaban J connectivity index is 2.10. The maximum absolute atomic E-state index is 12.3.